The zero-order valence-electron chi connectivity index (χ0n) is 18.2. The van der Waals surface area contributed by atoms with E-state index in [2.05, 4.69) is 29.1 Å². The van der Waals surface area contributed by atoms with Crippen molar-refractivity contribution in [2.75, 3.05) is 20.1 Å². The van der Waals surface area contributed by atoms with Gasteiger partial charge < -0.3 is 15.0 Å². The summed E-state index contributed by atoms with van der Waals surface area (Å²) in [6.45, 7) is 2.11. The van der Waals surface area contributed by atoms with Crippen LogP contribution in [0.2, 0.25) is 5.02 Å². The molecular weight excluding hydrogens is 481 g/mol. The number of nitrogens with one attached hydrogen (secondary N) is 1. The van der Waals surface area contributed by atoms with Gasteiger partial charge in [-0.15, -0.1) is 12.4 Å². The SMILES string of the molecule is CN1CCC(c2ccc(-c3cc4c(C(=O)c5cc(F)cc(F)c5)c(O)[nH]c4cc3Cl)cc2)C1.Cl. The van der Waals surface area contributed by atoms with Crippen LogP contribution in [0.3, 0.4) is 0 Å². The molecule has 1 saturated heterocycles. The van der Waals surface area contributed by atoms with Crippen molar-refractivity contribution in [3.8, 4) is 17.0 Å². The number of nitrogens with zero attached hydrogens (tertiary/aromatic N) is 1. The third kappa shape index (κ3) is 4.41. The molecule has 1 aliphatic heterocycles. The van der Waals surface area contributed by atoms with Gasteiger partial charge in [-0.25, -0.2) is 8.78 Å². The van der Waals surface area contributed by atoms with Crippen LogP contribution in [0.15, 0.2) is 54.6 Å². The molecular formula is C26H22Cl2F2N2O2. The van der Waals surface area contributed by atoms with Crippen LogP contribution in [-0.2, 0) is 0 Å². The minimum Gasteiger partial charge on any atom is -0.494 e. The van der Waals surface area contributed by atoms with E-state index >= 15 is 0 Å². The van der Waals surface area contributed by atoms with E-state index in [0.29, 0.717) is 33.5 Å². The molecule has 4 nitrogen and oxygen atoms in total. The lowest BCUT2D eigenvalue weighted by Gasteiger charge is -2.12. The van der Waals surface area contributed by atoms with E-state index in [1.54, 1.807) is 12.1 Å². The Kier molecular flexibility index (Phi) is 6.67. The number of hydrogen-bond donors (Lipinski definition) is 2. The second-order valence-corrected chi connectivity index (χ2v) is 8.99. The number of carbonyl (C=O) groups is 1. The second kappa shape index (κ2) is 9.37. The predicted octanol–water partition coefficient (Wildman–Crippen LogP) is 6.54. The van der Waals surface area contributed by atoms with Crippen LogP contribution in [0, 0.1) is 11.6 Å². The Morgan fingerprint density at radius 3 is 2.38 bits per heavy atom. The van der Waals surface area contributed by atoms with Gasteiger partial charge in [-0.1, -0.05) is 35.9 Å². The molecule has 2 N–H and O–H groups in total. The van der Waals surface area contributed by atoms with Gasteiger partial charge in [0.25, 0.3) is 0 Å². The molecule has 3 aromatic carbocycles. The zero-order valence-corrected chi connectivity index (χ0v) is 19.8. The standard InChI is InChI=1S/C26H21ClF2N2O2.ClH/c1-31-7-6-16(13-31)14-2-4-15(5-3-14)20-11-21-23(12-22(20)27)30-26(33)24(21)25(32)17-8-18(28)10-19(29)9-17;/h2-5,8-12,16,30,33H,6-7,13H2,1H3;1H. The number of aromatic nitrogens is 1. The van der Waals surface area contributed by atoms with Gasteiger partial charge in [0.05, 0.1) is 16.1 Å². The summed E-state index contributed by atoms with van der Waals surface area (Å²) in [5.41, 5.74) is 3.03. The normalized spacial score (nSPS) is 16.1. The molecule has 176 valence electrons. The first-order valence-corrected chi connectivity index (χ1v) is 11.0. The molecule has 0 radical (unpaired) electrons. The number of ketones is 1. The lowest BCUT2D eigenvalue weighted by molar-refractivity contribution is 0.103. The quantitative estimate of drug-likeness (QED) is 0.311. The second-order valence-electron chi connectivity index (χ2n) is 8.58. The van der Waals surface area contributed by atoms with Gasteiger partial charge in [0, 0.05) is 29.1 Å². The average molecular weight is 503 g/mol. The molecule has 4 aromatic rings. The number of rotatable bonds is 4. The molecule has 0 spiro atoms. The third-order valence-electron chi connectivity index (χ3n) is 6.30. The molecule has 0 amide bonds. The van der Waals surface area contributed by atoms with Gasteiger partial charge in [-0.2, -0.15) is 0 Å². The molecule has 0 saturated carbocycles. The maximum atomic E-state index is 13.7. The highest BCUT2D eigenvalue weighted by molar-refractivity contribution is 6.34. The minimum atomic E-state index is -0.866. The lowest BCUT2D eigenvalue weighted by Crippen LogP contribution is -2.13. The monoisotopic (exact) mass is 502 g/mol. The molecule has 2 heterocycles. The maximum absolute atomic E-state index is 13.7. The number of carbonyl (C=O) groups excluding carboxylic acids is 1. The summed E-state index contributed by atoms with van der Waals surface area (Å²) in [5, 5.41) is 11.3. The summed E-state index contributed by atoms with van der Waals surface area (Å²) in [6, 6.07) is 14.1. The first-order valence-electron chi connectivity index (χ1n) is 10.6. The topological polar surface area (TPSA) is 56.3 Å². The van der Waals surface area contributed by atoms with Gasteiger partial charge in [-0.05, 0) is 61.3 Å². The Bertz CT molecular complexity index is 1370. The Morgan fingerprint density at radius 2 is 1.76 bits per heavy atom. The van der Waals surface area contributed by atoms with E-state index in [1.807, 2.05) is 12.1 Å². The van der Waals surface area contributed by atoms with Gasteiger partial charge >= 0.3 is 0 Å². The largest absolute Gasteiger partial charge is 0.494 e. The molecule has 5 rings (SSSR count). The summed E-state index contributed by atoms with van der Waals surface area (Å²) in [5.74, 6) is -2.30. The van der Waals surface area contributed by atoms with E-state index in [-0.39, 0.29) is 29.4 Å². The number of fused-ring (bicyclic) bond motifs is 1. The van der Waals surface area contributed by atoms with Crippen LogP contribution in [0.4, 0.5) is 8.78 Å². The minimum absolute atomic E-state index is 0. The predicted molar refractivity (Wildman–Crippen MR) is 132 cm³/mol. The first-order chi connectivity index (χ1) is 15.8. The Balaban J connectivity index is 0.00000274. The first kappa shape index (κ1) is 24.2. The van der Waals surface area contributed by atoms with Crippen LogP contribution in [-0.4, -0.2) is 40.9 Å². The number of halogens is 4. The van der Waals surface area contributed by atoms with Crippen molar-refractivity contribution >= 4 is 40.7 Å². The molecule has 1 atom stereocenters. The zero-order chi connectivity index (χ0) is 23.3. The highest BCUT2D eigenvalue weighted by atomic mass is 35.5. The van der Waals surface area contributed by atoms with E-state index in [1.165, 1.54) is 5.56 Å². The molecule has 1 unspecified atom stereocenters. The molecule has 1 aliphatic rings. The van der Waals surface area contributed by atoms with Gasteiger partial charge in [-0.3, -0.25) is 4.79 Å². The highest BCUT2D eigenvalue weighted by Gasteiger charge is 2.23. The fourth-order valence-electron chi connectivity index (χ4n) is 4.62. The molecule has 1 aromatic heterocycles. The van der Waals surface area contributed by atoms with Crippen LogP contribution < -0.4 is 0 Å². The molecule has 1 fully saturated rings. The smallest absolute Gasteiger partial charge is 0.200 e. The number of benzene rings is 3. The van der Waals surface area contributed by atoms with Crippen LogP contribution in [0.1, 0.15) is 33.8 Å². The van der Waals surface area contributed by atoms with Crippen LogP contribution >= 0.6 is 24.0 Å². The Morgan fingerprint density at radius 1 is 1.09 bits per heavy atom. The lowest BCUT2D eigenvalue weighted by atomic mass is 9.94. The molecule has 0 aliphatic carbocycles. The van der Waals surface area contributed by atoms with Gasteiger partial charge in [0.1, 0.15) is 11.6 Å². The maximum Gasteiger partial charge on any atom is 0.200 e. The van der Waals surface area contributed by atoms with Crippen LogP contribution in [0.25, 0.3) is 22.0 Å². The number of aromatic hydroxyl groups is 1. The Labute approximate surface area is 206 Å². The van der Waals surface area contributed by atoms with Gasteiger partial charge in [0.2, 0.25) is 5.88 Å². The molecule has 34 heavy (non-hydrogen) atoms. The van der Waals surface area contributed by atoms with Crippen molar-refractivity contribution in [1.82, 2.24) is 9.88 Å². The number of likely N-dealkylation sites (tertiary alicyclic amines) is 1. The number of aromatic amines is 1. The Hall–Kier alpha value is -2.93. The van der Waals surface area contributed by atoms with Crippen molar-refractivity contribution in [3.63, 3.8) is 0 Å². The number of H-pyrrole nitrogens is 1. The van der Waals surface area contributed by atoms with Crippen molar-refractivity contribution < 1.29 is 18.7 Å². The van der Waals surface area contributed by atoms with E-state index in [9.17, 15) is 18.7 Å². The van der Waals surface area contributed by atoms with E-state index in [0.717, 1.165) is 37.2 Å². The summed E-state index contributed by atoms with van der Waals surface area (Å²) in [7, 11) is 2.12. The third-order valence-corrected chi connectivity index (χ3v) is 6.62. The molecule has 0 bridgehead atoms. The summed E-state index contributed by atoms with van der Waals surface area (Å²) in [6.07, 6.45) is 1.12. The van der Waals surface area contributed by atoms with Gasteiger partial charge in [0.15, 0.2) is 5.78 Å². The fourth-order valence-corrected chi connectivity index (χ4v) is 4.90. The van der Waals surface area contributed by atoms with Crippen molar-refractivity contribution in [1.29, 1.82) is 0 Å². The van der Waals surface area contributed by atoms with Crippen molar-refractivity contribution in [2.24, 2.45) is 0 Å². The summed E-state index contributed by atoms with van der Waals surface area (Å²) >= 11 is 6.53. The van der Waals surface area contributed by atoms with Crippen molar-refractivity contribution in [2.45, 2.75) is 12.3 Å². The number of likely N-dealkylation sites (N-methyl/N-ethyl adjacent to an activating group) is 1. The molecule has 8 heteroatoms. The van der Waals surface area contributed by atoms with E-state index in [4.69, 9.17) is 11.6 Å². The highest BCUT2D eigenvalue weighted by Crippen LogP contribution is 2.38. The average Bonchev–Trinajstić information content (AvgIpc) is 3.34. The fraction of sp³-hybridized carbons (Fsp3) is 0.192. The number of hydrogen-bond acceptors (Lipinski definition) is 3. The van der Waals surface area contributed by atoms with Crippen LogP contribution in [0.5, 0.6) is 5.88 Å². The summed E-state index contributed by atoms with van der Waals surface area (Å²) < 4.78 is 27.3. The van der Waals surface area contributed by atoms with E-state index < -0.39 is 17.4 Å². The summed E-state index contributed by atoms with van der Waals surface area (Å²) in [4.78, 5) is 18.1. The van der Waals surface area contributed by atoms with Crippen molar-refractivity contribution in [3.05, 3.63) is 87.9 Å².